The molecule has 0 heterocycles. The van der Waals surface area contributed by atoms with Crippen molar-refractivity contribution in [2.24, 2.45) is 5.92 Å². The van der Waals surface area contributed by atoms with Gasteiger partial charge in [0.2, 0.25) is 0 Å². The van der Waals surface area contributed by atoms with Crippen molar-refractivity contribution in [1.82, 2.24) is 5.32 Å². The Hall–Kier alpha value is -1.03. The summed E-state index contributed by atoms with van der Waals surface area (Å²) in [5.74, 6) is 1.67. The van der Waals surface area contributed by atoms with E-state index in [1.807, 2.05) is 13.0 Å². The van der Waals surface area contributed by atoms with Gasteiger partial charge >= 0.3 is 0 Å². The molecule has 1 unspecified atom stereocenters. The lowest BCUT2D eigenvalue weighted by Crippen LogP contribution is -2.33. The molecule has 0 aliphatic rings. The molecule has 0 spiro atoms. The maximum atomic E-state index is 12.1. The van der Waals surface area contributed by atoms with Gasteiger partial charge in [0.1, 0.15) is 5.75 Å². The SMILES string of the molecule is CCCCC(CC)CNC(=O)COc1cc(C)c(Br)cc1C(C)C. The summed E-state index contributed by atoms with van der Waals surface area (Å²) in [6, 6.07) is 4.09. The second-order valence-corrected chi connectivity index (χ2v) is 7.66. The zero-order chi connectivity index (χ0) is 18.1. The molecule has 4 heteroatoms. The Morgan fingerprint density at radius 3 is 2.58 bits per heavy atom. The molecule has 0 aromatic heterocycles. The molecule has 1 rings (SSSR count). The summed E-state index contributed by atoms with van der Waals surface area (Å²) in [6.45, 7) is 11.5. The molecule has 0 fully saturated rings. The first-order valence-corrected chi connectivity index (χ1v) is 9.87. The van der Waals surface area contributed by atoms with Crippen LogP contribution in [-0.2, 0) is 4.79 Å². The van der Waals surface area contributed by atoms with E-state index in [2.05, 4.69) is 55.0 Å². The molecule has 0 aliphatic carbocycles. The normalized spacial score (nSPS) is 12.3. The fraction of sp³-hybridized carbons (Fsp3) is 0.650. The molecule has 24 heavy (non-hydrogen) atoms. The monoisotopic (exact) mass is 397 g/mol. The highest BCUT2D eigenvalue weighted by Gasteiger charge is 2.13. The van der Waals surface area contributed by atoms with Crippen LogP contribution in [0.1, 0.15) is 70.4 Å². The van der Waals surface area contributed by atoms with Crippen LogP contribution >= 0.6 is 15.9 Å². The van der Waals surface area contributed by atoms with Crippen molar-refractivity contribution in [3.8, 4) is 5.75 Å². The lowest BCUT2D eigenvalue weighted by molar-refractivity contribution is -0.123. The molecule has 1 amide bonds. The number of ether oxygens (including phenoxy) is 1. The third-order valence-electron chi connectivity index (χ3n) is 4.40. The summed E-state index contributed by atoms with van der Waals surface area (Å²) >= 11 is 3.56. The number of carbonyl (C=O) groups is 1. The van der Waals surface area contributed by atoms with Gasteiger partial charge in [0.15, 0.2) is 6.61 Å². The van der Waals surface area contributed by atoms with Gasteiger partial charge in [-0.05, 0) is 48.4 Å². The van der Waals surface area contributed by atoms with Crippen molar-refractivity contribution in [2.45, 2.75) is 66.2 Å². The van der Waals surface area contributed by atoms with Crippen molar-refractivity contribution in [1.29, 1.82) is 0 Å². The van der Waals surface area contributed by atoms with Crippen LogP contribution in [0.3, 0.4) is 0 Å². The highest BCUT2D eigenvalue weighted by atomic mass is 79.9. The van der Waals surface area contributed by atoms with Crippen molar-refractivity contribution in [3.05, 3.63) is 27.7 Å². The number of hydrogen-bond acceptors (Lipinski definition) is 2. The number of halogens is 1. The van der Waals surface area contributed by atoms with E-state index in [0.717, 1.165) is 34.3 Å². The second-order valence-electron chi connectivity index (χ2n) is 6.80. The molecular formula is C20H32BrNO2. The average molecular weight is 398 g/mol. The first-order chi connectivity index (χ1) is 11.4. The van der Waals surface area contributed by atoms with Crippen LogP contribution in [0.25, 0.3) is 0 Å². The van der Waals surface area contributed by atoms with E-state index in [-0.39, 0.29) is 12.5 Å². The largest absolute Gasteiger partial charge is 0.483 e. The predicted molar refractivity (Wildman–Crippen MR) is 105 cm³/mol. The number of hydrogen-bond donors (Lipinski definition) is 1. The van der Waals surface area contributed by atoms with Crippen molar-refractivity contribution in [3.63, 3.8) is 0 Å². The van der Waals surface area contributed by atoms with Gasteiger partial charge in [-0.3, -0.25) is 4.79 Å². The van der Waals surface area contributed by atoms with Crippen molar-refractivity contribution in [2.75, 3.05) is 13.2 Å². The highest BCUT2D eigenvalue weighted by Crippen LogP contribution is 2.32. The van der Waals surface area contributed by atoms with Gasteiger partial charge in [0.25, 0.3) is 5.91 Å². The van der Waals surface area contributed by atoms with Gasteiger partial charge in [-0.15, -0.1) is 0 Å². The molecule has 1 N–H and O–H groups in total. The molecule has 1 atom stereocenters. The van der Waals surface area contributed by atoms with Crippen LogP contribution in [0.2, 0.25) is 0 Å². The number of nitrogens with one attached hydrogen (secondary N) is 1. The molecule has 3 nitrogen and oxygen atoms in total. The summed E-state index contributed by atoms with van der Waals surface area (Å²) in [5, 5.41) is 3.01. The first kappa shape index (κ1) is 21.0. The van der Waals surface area contributed by atoms with E-state index in [4.69, 9.17) is 4.74 Å². The average Bonchev–Trinajstić information content (AvgIpc) is 2.55. The van der Waals surface area contributed by atoms with Gasteiger partial charge < -0.3 is 10.1 Å². The van der Waals surface area contributed by atoms with Crippen LogP contribution < -0.4 is 10.1 Å². The van der Waals surface area contributed by atoms with Crippen LogP contribution in [0.5, 0.6) is 5.75 Å². The number of unbranched alkanes of at least 4 members (excludes halogenated alkanes) is 1. The second kappa shape index (κ2) is 10.8. The summed E-state index contributed by atoms with van der Waals surface area (Å²) < 4.78 is 6.88. The number of amides is 1. The number of aryl methyl sites for hydroxylation is 1. The van der Waals surface area contributed by atoms with E-state index in [1.165, 1.54) is 19.3 Å². The molecule has 0 saturated heterocycles. The van der Waals surface area contributed by atoms with Gasteiger partial charge in [0.05, 0.1) is 0 Å². The molecule has 1 aromatic rings. The molecule has 0 saturated carbocycles. The number of carbonyl (C=O) groups excluding carboxylic acids is 1. The van der Waals surface area contributed by atoms with E-state index in [0.29, 0.717) is 11.8 Å². The lowest BCUT2D eigenvalue weighted by Gasteiger charge is -2.17. The van der Waals surface area contributed by atoms with E-state index < -0.39 is 0 Å². The topological polar surface area (TPSA) is 38.3 Å². The Kier molecular flexibility index (Phi) is 9.42. The summed E-state index contributed by atoms with van der Waals surface area (Å²) in [6.07, 6.45) is 4.71. The Bertz CT molecular complexity index is 529. The Labute approximate surface area is 155 Å². The first-order valence-electron chi connectivity index (χ1n) is 9.08. The van der Waals surface area contributed by atoms with Crippen LogP contribution in [0.4, 0.5) is 0 Å². The van der Waals surface area contributed by atoms with Gasteiger partial charge in [-0.25, -0.2) is 0 Å². The smallest absolute Gasteiger partial charge is 0.257 e. The molecular weight excluding hydrogens is 366 g/mol. The zero-order valence-electron chi connectivity index (χ0n) is 15.7. The Morgan fingerprint density at radius 2 is 2.00 bits per heavy atom. The van der Waals surface area contributed by atoms with Gasteiger partial charge in [-0.1, -0.05) is 62.9 Å². The van der Waals surface area contributed by atoms with Crippen LogP contribution in [0, 0.1) is 12.8 Å². The highest BCUT2D eigenvalue weighted by molar-refractivity contribution is 9.10. The zero-order valence-corrected chi connectivity index (χ0v) is 17.3. The van der Waals surface area contributed by atoms with Crippen LogP contribution in [0.15, 0.2) is 16.6 Å². The molecule has 0 aliphatic heterocycles. The molecule has 0 radical (unpaired) electrons. The standard InChI is InChI=1S/C20H32BrNO2/c1-6-8-9-16(7-2)12-22-20(23)13-24-19-10-15(5)18(21)11-17(19)14(3)4/h10-11,14,16H,6-9,12-13H2,1-5H3,(H,22,23). The maximum absolute atomic E-state index is 12.1. The minimum absolute atomic E-state index is 0.0415. The minimum Gasteiger partial charge on any atom is -0.483 e. The molecule has 0 bridgehead atoms. The predicted octanol–water partition coefficient (Wildman–Crippen LogP) is 5.59. The quantitative estimate of drug-likeness (QED) is 0.558. The van der Waals surface area contributed by atoms with Gasteiger partial charge in [-0.2, -0.15) is 0 Å². The fourth-order valence-electron chi connectivity index (χ4n) is 2.64. The van der Waals surface area contributed by atoms with Gasteiger partial charge in [0, 0.05) is 11.0 Å². The van der Waals surface area contributed by atoms with Crippen molar-refractivity contribution < 1.29 is 9.53 Å². The van der Waals surface area contributed by atoms with E-state index >= 15 is 0 Å². The number of benzene rings is 1. The fourth-order valence-corrected chi connectivity index (χ4v) is 3.00. The third kappa shape index (κ3) is 6.84. The third-order valence-corrected chi connectivity index (χ3v) is 5.26. The molecule has 1 aromatic carbocycles. The number of rotatable bonds is 10. The van der Waals surface area contributed by atoms with Crippen LogP contribution in [-0.4, -0.2) is 19.1 Å². The minimum atomic E-state index is -0.0415. The Balaban J connectivity index is 2.56. The summed E-state index contributed by atoms with van der Waals surface area (Å²) in [7, 11) is 0. The van der Waals surface area contributed by atoms with E-state index in [1.54, 1.807) is 0 Å². The Morgan fingerprint density at radius 1 is 1.29 bits per heavy atom. The molecule has 136 valence electrons. The van der Waals surface area contributed by atoms with E-state index in [9.17, 15) is 4.79 Å². The van der Waals surface area contributed by atoms with Crippen molar-refractivity contribution >= 4 is 21.8 Å². The lowest BCUT2D eigenvalue weighted by atomic mass is 9.99. The summed E-state index contributed by atoms with van der Waals surface area (Å²) in [4.78, 5) is 12.1. The summed E-state index contributed by atoms with van der Waals surface area (Å²) in [5.41, 5.74) is 2.23. The maximum Gasteiger partial charge on any atom is 0.257 e.